The van der Waals surface area contributed by atoms with Crippen molar-refractivity contribution in [1.82, 2.24) is 4.98 Å². The lowest BCUT2D eigenvalue weighted by molar-refractivity contribution is 0.597. The Bertz CT molecular complexity index is 534. The van der Waals surface area contributed by atoms with Crippen LogP contribution in [0.3, 0.4) is 0 Å². The third-order valence-corrected chi connectivity index (χ3v) is 3.90. The normalized spacial score (nSPS) is 10.8. The SMILES string of the molecule is CCS(=O)(=O)CCNc1ncc(C#N)cc1N. The summed E-state index contributed by atoms with van der Waals surface area (Å²) in [6.45, 7) is 1.85. The van der Waals surface area contributed by atoms with Crippen molar-refractivity contribution in [1.29, 1.82) is 5.26 Å². The number of nitrogens with two attached hydrogens (primary N) is 1. The smallest absolute Gasteiger partial charge is 0.151 e. The van der Waals surface area contributed by atoms with Gasteiger partial charge in [-0.1, -0.05) is 6.92 Å². The van der Waals surface area contributed by atoms with Gasteiger partial charge in [0.05, 0.1) is 17.0 Å². The van der Waals surface area contributed by atoms with Crippen LogP contribution in [0, 0.1) is 11.3 Å². The van der Waals surface area contributed by atoms with Gasteiger partial charge in [0.1, 0.15) is 11.9 Å². The van der Waals surface area contributed by atoms with Crippen molar-refractivity contribution >= 4 is 21.3 Å². The van der Waals surface area contributed by atoms with E-state index in [0.717, 1.165) is 0 Å². The second-order valence-electron chi connectivity index (χ2n) is 3.44. The van der Waals surface area contributed by atoms with Crippen molar-refractivity contribution in [3.63, 3.8) is 0 Å². The molecular formula is C10H14N4O2S. The summed E-state index contributed by atoms with van der Waals surface area (Å²) in [5, 5.41) is 11.5. The second-order valence-corrected chi connectivity index (χ2v) is 5.91. The first kappa shape index (κ1) is 13.3. The molecule has 1 aromatic heterocycles. The average Bonchev–Trinajstić information content (AvgIpc) is 2.31. The highest BCUT2D eigenvalue weighted by Gasteiger charge is 2.08. The van der Waals surface area contributed by atoms with Crippen LogP contribution in [0.15, 0.2) is 12.3 Å². The highest BCUT2D eigenvalue weighted by molar-refractivity contribution is 7.91. The lowest BCUT2D eigenvalue weighted by Gasteiger charge is -2.07. The van der Waals surface area contributed by atoms with Crippen molar-refractivity contribution in [3.05, 3.63) is 17.8 Å². The topological polar surface area (TPSA) is 109 Å². The number of nitrogen functional groups attached to an aromatic ring is 1. The molecule has 3 N–H and O–H groups in total. The van der Waals surface area contributed by atoms with Crippen molar-refractivity contribution in [3.8, 4) is 6.07 Å². The average molecular weight is 254 g/mol. The van der Waals surface area contributed by atoms with Crippen LogP contribution >= 0.6 is 0 Å². The number of nitrogens with zero attached hydrogens (tertiary/aromatic N) is 2. The summed E-state index contributed by atoms with van der Waals surface area (Å²) in [4.78, 5) is 3.94. The van der Waals surface area contributed by atoms with Crippen molar-refractivity contribution in [2.24, 2.45) is 0 Å². The first-order valence-corrected chi connectivity index (χ1v) is 6.90. The Balaban J connectivity index is 2.62. The highest BCUT2D eigenvalue weighted by Crippen LogP contribution is 2.15. The molecule has 7 heteroatoms. The molecule has 0 saturated carbocycles. The maximum Gasteiger partial charge on any atom is 0.151 e. The van der Waals surface area contributed by atoms with Gasteiger partial charge in [0, 0.05) is 18.5 Å². The number of pyridine rings is 1. The van der Waals surface area contributed by atoms with Crippen molar-refractivity contribution in [2.45, 2.75) is 6.92 Å². The van der Waals surface area contributed by atoms with Gasteiger partial charge in [-0.3, -0.25) is 0 Å². The summed E-state index contributed by atoms with van der Waals surface area (Å²) in [5.41, 5.74) is 6.35. The van der Waals surface area contributed by atoms with Crippen LogP contribution in [0.2, 0.25) is 0 Å². The van der Waals surface area contributed by atoms with Crippen LogP contribution in [-0.4, -0.2) is 31.5 Å². The predicted octanol–water partition coefficient (Wildman–Crippen LogP) is 0.382. The largest absolute Gasteiger partial charge is 0.396 e. The molecule has 6 nitrogen and oxygen atoms in total. The third kappa shape index (κ3) is 3.92. The molecule has 0 aliphatic carbocycles. The minimum atomic E-state index is -3.00. The monoisotopic (exact) mass is 254 g/mol. The number of sulfone groups is 1. The summed E-state index contributed by atoms with van der Waals surface area (Å²) in [6.07, 6.45) is 1.38. The fourth-order valence-electron chi connectivity index (χ4n) is 1.16. The molecule has 0 bridgehead atoms. The number of aromatic nitrogens is 1. The molecule has 0 aliphatic rings. The summed E-state index contributed by atoms with van der Waals surface area (Å²) in [7, 11) is -3.00. The quantitative estimate of drug-likeness (QED) is 0.786. The van der Waals surface area contributed by atoms with Gasteiger partial charge in [0.2, 0.25) is 0 Å². The van der Waals surface area contributed by atoms with Crippen molar-refractivity contribution < 1.29 is 8.42 Å². The van der Waals surface area contributed by atoms with Gasteiger partial charge in [-0.15, -0.1) is 0 Å². The van der Waals surface area contributed by atoms with E-state index in [-0.39, 0.29) is 18.1 Å². The molecule has 92 valence electrons. The lowest BCUT2D eigenvalue weighted by Crippen LogP contribution is -2.18. The molecule has 0 atom stereocenters. The first-order valence-electron chi connectivity index (χ1n) is 5.08. The van der Waals surface area contributed by atoms with E-state index in [1.165, 1.54) is 12.3 Å². The predicted molar refractivity (Wildman–Crippen MR) is 66.2 cm³/mol. The fourth-order valence-corrected chi connectivity index (χ4v) is 1.86. The standard InChI is InChI=1S/C10H14N4O2S/c1-2-17(15,16)4-3-13-10-9(12)5-8(6-11)7-14-10/h5,7H,2-4,12H2,1H3,(H,13,14). The van der Waals surface area contributed by atoms with Crippen LogP contribution < -0.4 is 11.1 Å². The Morgan fingerprint density at radius 2 is 2.29 bits per heavy atom. The molecule has 0 saturated heterocycles. The van der Waals surface area contributed by atoms with E-state index < -0.39 is 9.84 Å². The van der Waals surface area contributed by atoms with Gasteiger partial charge < -0.3 is 11.1 Å². The van der Waals surface area contributed by atoms with Gasteiger partial charge in [-0.25, -0.2) is 13.4 Å². The first-order chi connectivity index (χ1) is 7.98. The van der Waals surface area contributed by atoms with Crippen LogP contribution in [0.1, 0.15) is 12.5 Å². The molecule has 0 amide bonds. The second kappa shape index (κ2) is 5.50. The maximum atomic E-state index is 11.2. The minimum Gasteiger partial charge on any atom is -0.396 e. The fraction of sp³-hybridized carbons (Fsp3) is 0.400. The van der Waals surface area contributed by atoms with Gasteiger partial charge in [-0.2, -0.15) is 5.26 Å². The maximum absolute atomic E-state index is 11.2. The van der Waals surface area contributed by atoms with Crippen LogP contribution in [0.4, 0.5) is 11.5 Å². The Labute approximate surface area is 100 Å². The Morgan fingerprint density at radius 1 is 1.59 bits per heavy atom. The number of nitrogens with one attached hydrogen (secondary N) is 1. The molecule has 1 aromatic rings. The van der Waals surface area contributed by atoms with Gasteiger partial charge in [-0.05, 0) is 6.07 Å². The van der Waals surface area contributed by atoms with Gasteiger partial charge >= 0.3 is 0 Å². The Hall–Kier alpha value is -1.81. The zero-order chi connectivity index (χ0) is 12.9. The number of hydrogen-bond donors (Lipinski definition) is 2. The summed E-state index contributed by atoms with van der Waals surface area (Å²) in [5.74, 6) is 0.547. The third-order valence-electron chi connectivity index (χ3n) is 2.19. The lowest BCUT2D eigenvalue weighted by atomic mass is 10.3. The number of hydrogen-bond acceptors (Lipinski definition) is 6. The van der Waals surface area contributed by atoms with E-state index in [1.54, 1.807) is 6.92 Å². The molecule has 0 unspecified atom stereocenters. The molecular weight excluding hydrogens is 240 g/mol. The molecule has 0 spiro atoms. The molecule has 0 aliphatic heterocycles. The zero-order valence-electron chi connectivity index (χ0n) is 9.47. The van der Waals surface area contributed by atoms with E-state index in [2.05, 4.69) is 10.3 Å². The zero-order valence-corrected chi connectivity index (χ0v) is 10.3. The molecule has 0 fully saturated rings. The van der Waals surface area contributed by atoms with E-state index in [0.29, 0.717) is 17.1 Å². The summed E-state index contributed by atoms with van der Waals surface area (Å²) < 4.78 is 22.5. The minimum absolute atomic E-state index is 0.0324. The molecule has 17 heavy (non-hydrogen) atoms. The van der Waals surface area contributed by atoms with Crippen molar-refractivity contribution in [2.75, 3.05) is 29.1 Å². The highest BCUT2D eigenvalue weighted by atomic mass is 32.2. The van der Waals surface area contributed by atoms with Crippen LogP contribution in [0.25, 0.3) is 0 Å². The number of rotatable bonds is 5. The Kier molecular flexibility index (Phi) is 4.29. The number of nitriles is 1. The van der Waals surface area contributed by atoms with Crippen LogP contribution in [-0.2, 0) is 9.84 Å². The van der Waals surface area contributed by atoms with E-state index in [1.807, 2.05) is 6.07 Å². The summed E-state index contributed by atoms with van der Waals surface area (Å²) >= 11 is 0. The molecule has 0 radical (unpaired) electrons. The molecule has 1 rings (SSSR count). The molecule has 1 heterocycles. The van der Waals surface area contributed by atoms with E-state index >= 15 is 0 Å². The Morgan fingerprint density at radius 3 is 2.82 bits per heavy atom. The van der Waals surface area contributed by atoms with Gasteiger partial charge in [0.25, 0.3) is 0 Å². The summed E-state index contributed by atoms with van der Waals surface area (Å²) in [6, 6.07) is 3.41. The number of anilines is 2. The van der Waals surface area contributed by atoms with Gasteiger partial charge in [0.15, 0.2) is 9.84 Å². The van der Waals surface area contributed by atoms with E-state index in [9.17, 15) is 8.42 Å². The molecule has 0 aromatic carbocycles. The van der Waals surface area contributed by atoms with E-state index in [4.69, 9.17) is 11.0 Å². The van der Waals surface area contributed by atoms with Crippen LogP contribution in [0.5, 0.6) is 0 Å².